The van der Waals surface area contributed by atoms with Gasteiger partial charge in [0.15, 0.2) is 11.5 Å². The molecule has 2 aromatic rings. The molecular formula is C23H30N2O5. The first-order valence-electron chi connectivity index (χ1n) is 10.5. The van der Waals surface area contributed by atoms with Crippen LogP contribution in [0.3, 0.4) is 0 Å². The summed E-state index contributed by atoms with van der Waals surface area (Å²) in [4.78, 5) is 17.1. The van der Waals surface area contributed by atoms with Crippen LogP contribution in [0.25, 0.3) is 0 Å². The van der Waals surface area contributed by atoms with Crippen LogP contribution in [0.1, 0.15) is 31.1 Å². The number of hydrogen-bond acceptors (Lipinski definition) is 6. The molecule has 1 fully saturated rings. The van der Waals surface area contributed by atoms with E-state index in [1.54, 1.807) is 24.3 Å². The lowest BCUT2D eigenvalue weighted by Gasteiger charge is -2.36. The molecule has 0 unspecified atom stereocenters. The number of para-hydroxylation sites is 2. The lowest BCUT2D eigenvalue weighted by molar-refractivity contribution is 0.0745. The highest BCUT2D eigenvalue weighted by Crippen LogP contribution is 2.39. The van der Waals surface area contributed by atoms with Crippen molar-refractivity contribution >= 4 is 11.6 Å². The van der Waals surface area contributed by atoms with E-state index in [0.29, 0.717) is 68.8 Å². The Morgan fingerprint density at radius 2 is 1.47 bits per heavy atom. The van der Waals surface area contributed by atoms with Crippen molar-refractivity contribution in [2.45, 2.75) is 20.8 Å². The third-order valence-electron chi connectivity index (χ3n) is 4.95. The lowest BCUT2D eigenvalue weighted by Crippen LogP contribution is -2.48. The summed E-state index contributed by atoms with van der Waals surface area (Å²) in [5.74, 6) is 1.74. The number of phenols is 1. The molecule has 7 heteroatoms. The van der Waals surface area contributed by atoms with E-state index in [4.69, 9.17) is 14.2 Å². The van der Waals surface area contributed by atoms with Crippen LogP contribution < -0.4 is 19.1 Å². The molecule has 0 radical (unpaired) electrons. The fourth-order valence-corrected chi connectivity index (χ4v) is 3.58. The van der Waals surface area contributed by atoms with Gasteiger partial charge < -0.3 is 29.1 Å². The largest absolute Gasteiger partial charge is 0.506 e. The second-order valence-corrected chi connectivity index (χ2v) is 6.87. The monoisotopic (exact) mass is 414 g/mol. The maximum atomic E-state index is 13.2. The fraction of sp³-hybridized carbons (Fsp3) is 0.435. The molecule has 1 aliphatic heterocycles. The van der Waals surface area contributed by atoms with Crippen molar-refractivity contribution < 1.29 is 24.1 Å². The Labute approximate surface area is 177 Å². The van der Waals surface area contributed by atoms with E-state index in [2.05, 4.69) is 4.90 Å². The normalized spacial score (nSPS) is 13.8. The van der Waals surface area contributed by atoms with Crippen LogP contribution in [0.4, 0.5) is 5.69 Å². The van der Waals surface area contributed by atoms with Crippen molar-refractivity contribution in [2.75, 3.05) is 50.9 Å². The van der Waals surface area contributed by atoms with E-state index in [1.807, 2.05) is 37.8 Å². The fourth-order valence-electron chi connectivity index (χ4n) is 3.58. The lowest BCUT2D eigenvalue weighted by atomic mass is 10.1. The van der Waals surface area contributed by atoms with E-state index < -0.39 is 0 Å². The van der Waals surface area contributed by atoms with Gasteiger partial charge in [0.2, 0.25) is 5.75 Å². The molecular weight excluding hydrogens is 384 g/mol. The Morgan fingerprint density at radius 3 is 2.00 bits per heavy atom. The van der Waals surface area contributed by atoms with E-state index in [-0.39, 0.29) is 11.7 Å². The minimum atomic E-state index is -0.0723. The third kappa shape index (κ3) is 4.72. The average molecular weight is 415 g/mol. The number of amides is 1. The number of phenolic OH excluding ortho intramolecular Hbond substituents is 1. The molecule has 1 aliphatic rings. The SMILES string of the molecule is CCOc1cc(C(=O)N2CCN(c3ccccc3O)CC2)cc(OCC)c1OCC. The van der Waals surface area contributed by atoms with Crippen molar-refractivity contribution in [3.8, 4) is 23.0 Å². The van der Waals surface area contributed by atoms with Gasteiger partial charge in [0.05, 0.1) is 25.5 Å². The molecule has 1 saturated heterocycles. The second-order valence-electron chi connectivity index (χ2n) is 6.87. The number of piperazine rings is 1. The predicted molar refractivity (Wildman–Crippen MR) is 116 cm³/mol. The van der Waals surface area contributed by atoms with Gasteiger partial charge in [-0.15, -0.1) is 0 Å². The Balaban J connectivity index is 1.78. The number of benzene rings is 2. The van der Waals surface area contributed by atoms with Crippen LogP contribution in [0.15, 0.2) is 36.4 Å². The highest BCUT2D eigenvalue weighted by Gasteiger charge is 2.26. The summed E-state index contributed by atoms with van der Waals surface area (Å²) in [7, 11) is 0. The molecule has 0 atom stereocenters. The molecule has 0 saturated carbocycles. The number of carbonyl (C=O) groups is 1. The van der Waals surface area contributed by atoms with Crippen molar-refractivity contribution in [3.63, 3.8) is 0 Å². The summed E-state index contributed by atoms with van der Waals surface area (Å²) < 4.78 is 17.2. The Kier molecular flexibility index (Phi) is 7.27. The van der Waals surface area contributed by atoms with Gasteiger partial charge in [0.1, 0.15) is 5.75 Å². The number of rotatable bonds is 8. The first-order valence-corrected chi connectivity index (χ1v) is 10.5. The summed E-state index contributed by atoms with van der Waals surface area (Å²) >= 11 is 0. The van der Waals surface area contributed by atoms with Crippen LogP contribution in [0.2, 0.25) is 0 Å². The zero-order valence-corrected chi connectivity index (χ0v) is 17.9. The molecule has 1 heterocycles. The maximum absolute atomic E-state index is 13.2. The van der Waals surface area contributed by atoms with Gasteiger partial charge in [0.25, 0.3) is 5.91 Å². The topological polar surface area (TPSA) is 71.5 Å². The summed E-state index contributed by atoms with van der Waals surface area (Å²) in [5, 5.41) is 10.1. The minimum absolute atomic E-state index is 0.0723. The first-order chi connectivity index (χ1) is 14.6. The Hall–Kier alpha value is -3.09. The Bertz CT molecular complexity index is 835. The summed E-state index contributed by atoms with van der Waals surface area (Å²) in [5.41, 5.74) is 1.31. The number of ether oxygens (including phenoxy) is 3. The molecule has 162 valence electrons. The second kappa shape index (κ2) is 10.1. The van der Waals surface area contributed by atoms with E-state index in [0.717, 1.165) is 5.69 Å². The zero-order valence-electron chi connectivity index (χ0n) is 17.9. The summed E-state index contributed by atoms with van der Waals surface area (Å²) in [6.07, 6.45) is 0. The molecule has 0 bridgehead atoms. The van der Waals surface area contributed by atoms with Crippen LogP contribution in [0, 0.1) is 0 Å². The van der Waals surface area contributed by atoms with Gasteiger partial charge in [-0.05, 0) is 45.0 Å². The molecule has 2 aromatic carbocycles. The molecule has 30 heavy (non-hydrogen) atoms. The van der Waals surface area contributed by atoms with E-state index in [1.165, 1.54) is 0 Å². The highest BCUT2D eigenvalue weighted by atomic mass is 16.5. The number of nitrogens with zero attached hydrogens (tertiary/aromatic N) is 2. The highest BCUT2D eigenvalue weighted by molar-refractivity contribution is 5.96. The standard InChI is InChI=1S/C23H30N2O5/c1-4-28-20-15-17(16-21(29-5-2)22(20)30-6-3)23(27)25-13-11-24(12-14-25)18-9-7-8-10-19(18)26/h7-10,15-16,26H,4-6,11-14H2,1-3H3. The number of anilines is 1. The van der Waals surface area contributed by atoms with E-state index >= 15 is 0 Å². The summed E-state index contributed by atoms with van der Waals surface area (Å²) in [6, 6.07) is 10.7. The number of aromatic hydroxyl groups is 1. The molecule has 3 rings (SSSR count). The van der Waals surface area contributed by atoms with Crippen LogP contribution in [0.5, 0.6) is 23.0 Å². The first kappa shape index (κ1) is 21.6. The van der Waals surface area contributed by atoms with Gasteiger partial charge in [-0.25, -0.2) is 0 Å². The molecule has 0 aromatic heterocycles. The molecule has 0 spiro atoms. The Morgan fingerprint density at radius 1 is 0.900 bits per heavy atom. The van der Waals surface area contributed by atoms with Crippen LogP contribution in [-0.4, -0.2) is 61.9 Å². The molecule has 1 amide bonds. The third-order valence-corrected chi connectivity index (χ3v) is 4.95. The van der Waals surface area contributed by atoms with Gasteiger partial charge >= 0.3 is 0 Å². The minimum Gasteiger partial charge on any atom is -0.506 e. The quantitative estimate of drug-likeness (QED) is 0.712. The molecule has 0 aliphatic carbocycles. The van der Waals surface area contributed by atoms with Gasteiger partial charge in [0, 0.05) is 31.7 Å². The zero-order chi connectivity index (χ0) is 21.5. The van der Waals surface area contributed by atoms with E-state index in [9.17, 15) is 9.90 Å². The molecule has 1 N–H and O–H groups in total. The van der Waals surface area contributed by atoms with Crippen molar-refractivity contribution in [1.82, 2.24) is 4.90 Å². The maximum Gasteiger partial charge on any atom is 0.254 e. The van der Waals surface area contributed by atoms with Gasteiger partial charge in [-0.3, -0.25) is 4.79 Å². The van der Waals surface area contributed by atoms with Crippen LogP contribution in [-0.2, 0) is 0 Å². The van der Waals surface area contributed by atoms with Crippen molar-refractivity contribution in [3.05, 3.63) is 42.0 Å². The van der Waals surface area contributed by atoms with Gasteiger partial charge in [-0.2, -0.15) is 0 Å². The molecule has 7 nitrogen and oxygen atoms in total. The number of carbonyl (C=O) groups excluding carboxylic acids is 1. The van der Waals surface area contributed by atoms with Gasteiger partial charge in [-0.1, -0.05) is 12.1 Å². The van der Waals surface area contributed by atoms with Crippen molar-refractivity contribution in [1.29, 1.82) is 0 Å². The average Bonchev–Trinajstić information content (AvgIpc) is 2.76. The van der Waals surface area contributed by atoms with Crippen molar-refractivity contribution in [2.24, 2.45) is 0 Å². The predicted octanol–water partition coefficient (Wildman–Crippen LogP) is 3.55. The number of hydrogen-bond donors (Lipinski definition) is 1. The smallest absolute Gasteiger partial charge is 0.254 e. The van der Waals surface area contributed by atoms with Crippen LogP contribution >= 0.6 is 0 Å². The summed E-state index contributed by atoms with van der Waals surface area (Å²) in [6.45, 7) is 9.50.